The lowest BCUT2D eigenvalue weighted by Crippen LogP contribution is -2.32. The highest BCUT2D eigenvalue weighted by Gasteiger charge is 2.26. The maximum Gasteiger partial charge on any atom is 0.322 e. The average Bonchev–Trinajstić information content (AvgIpc) is 2.48. The van der Waals surface area contributed by atoms with Gasteiger partial charge in [-0.25, -0.2) is 9.97 Å². The number of aromatic nitrogens is 2. The topological polar surface area (TPSA) is 64.1 Å². The number of carbonyl (C=O) groups excluding carboxylic acids is 1. The van der Waals surface area contributed by atoms with Crippen molar-refractivity contribution >= 4 is 23.2 Å². The number of benzene rings is 1. The molecule has 2 rings (SSSR count). The van der Waals surface area contributed by atoms with E-state index in [-0.39, 0.29) is 11.8 Å². The largest absolute Gasteiger partial charge is 0.424 e. The third-order valence-corrected chi connectivity index (χ3v) is 3.90. The van der Waals surface area contributed by atoms with E-state index >= 15 is 0 Å². The van der Waals surface area contributed by atoms with Crippen LogP contribution in [-0.4, -0.2) is 21.8 Å². The van der Waals surface area contributed by atoms with Crippen molar-refractivity contribution < 1.29 is 9.53 Å². The molecule has 0 saturated heterocycles. The molecule has 0 atom stereocenters. The Morgan fingerprint density at radius 3 is 2.26 bits per heavy atom. The zero-order valence-electron chi connectivity index (χ0n) is 13.7. The average molecular weight is 334 g/mol. The SMILES string of the molecule is Cc1cc(C)nc(Oc2ccc(NC(=O)C(C)(C)CCl)cc2)n1. The number of halogens is 1. The molecule has 0 aliphatic heterocycles. The van der Waals surface area contributed by atoms with Crippen LogP contribution >= 0.6 is 11.6 Å². The molecule has 1 aromatic heterocycles. The summed E-state index contributed by atoms with van der Waals surface area (Å²) >= 11 is 5.80. The fourth-order valence-corrected chi connectivity index (χ4v) is 1.93. The summed E-state index contributed by atoms with van der Waals surface area (Å²) in [4.78, 5) is 20.5. The van der Waals surface area contributed by atoms with Gasteiger partial charge in [0.2, 0.25) is 5.91 Å². The Morgan fingerprint density at radius 1 is 1.17 bits per heavy atom. The zero-order valence-corrected chi connectivity index (χ0v) is 14.4. The van der Waals surface area contributed by atoms with Gasteiger partial charge in [-0.3, -0.25) is 4.79 Å². The van der Waals surface area contributed by atoms with Gasteiger partial charge in [0.1, 0.15) is 5.75 Å². The number of aryl methyl sites for hydroxylation is 2. The fourth-order valence-electron chi connectivity index (χ4n) is 1.81. The highest BCUT2D eigenvalue weighted by molar-refractivity contribution is 6.20. The van der Waals surface area contributed by atoms with Gasteiger partial charge in [-0.05, 0) is 58.0 Å². The Balaban J connectivity index is 2.06. The lowest BCUT2D eigenvalue weighted by atomic mass is 9.95. The van der Waals surface area contributed by atoms with Crippen LogP contribution in [0.5, 0.6) is 11.8 Å². The Labute approximate surface area is 141 Å². The summed E-state index contributed by atoms with van der Waals surface area (Å²) in [6.45, 7) is 7.37. The van der Waals surface area contributed by atoms with E-state index in [1.54, 1.807) is 38.1 Å². The van der Waals surface area contributed by atoms with Crippen molar-refractivity contribution in [1.82, 2.24) is 9.97 Å². The molecule has 1 N–H and O–H groups in total. The molecule has 2 aromatic rings. The number of alkyl halides is 1. The fraction of sp³-hybridized carbons (Fsp3) is 0.353. The monoisotopic (exact) mass is 333 g/mol. The molecule has 0 aliphatic carbocycles. The molecular weight excluding hydrogens is 314 g/mol. The number of nitrogens with zero attached hydrogens (tertiary/aromatic N) is 2. The van der Waals surface area contributed by atoms with E-state index in [2.05, 4.69) is 15.3 Å². The van der Waals surface area contributed by atoms with Crippen LogP contribution in [0.25, 0.3) is 0 Å². The smallest absolute Gasteiger partial charge is 0.322 e. The van der Waals surface area contributed by atoms with Gasteiger partial charge in [0.25, 0.3) is 0 Å². The second kappa shape index (κ2) is 6.96. The summed E-state index contributed by atoms with van der Waals surface area (Å²) in [7, 11) is 0. The van der Waals surface area contributed by atoms with Crippen LogP contribution in [-0.2, 0) is 4.79 Å². The maximum absolute atomic E-state index is 12.1. The standard InChI is InChI=1S/C17H20ClN3O2/c1-11-9-12(2)20-16(19-11)23-14-7-5-13(6-8-14)21-15(22)17(3,4)10-18/h5-9H,10H2,1-4H3,(H,21,22). The zero-order chi connectivity index (χ0) is 17.0. The van der Waals surface area contributed by atoms with Gasteiger partial charge in [0.05, 0.1) is 5.41 Å². The first-order valence-corrected chi connectivity index (χ1v) is 7.81. The van der Waals surface area contributed by atoms with Gasteiger partial charge >= 0.3 is 6.01 Å². The molecule has 0 spiro atoms. The lowest BCUT2D eigenvalue weighted by Gasteiger charge is -2.20. The Hall–Kier alpha value is -2.14. The first-order valence-electron chi connectivity index (χ1n) is 7.28. The molecule has 23 heavy (non-hydrogen) atoms. The van der Waals surface area contributed by atoms with E-state index in [1.807, 2.05) is 19.9 Å². The summed E-state index contributed by atoms with van der Waals surface area (Å²) in [5.74, 6) is 0.729. The maximum atomic E-state index is 12.1. The van der Waals surface area contributed by atoms with Gasteiger partial charge in [-0.1, -0.05) is 0 Å². The molecule has 1 aromatic carbocycles. The minimum absolute atomic E-state index is 0.126. The summed E-state index contributed by atoms with van der Waals surface area (Å²) in [5.41, 5.74) is 1.75. The van der Waals surface area contributed by atoms with Crippen LogP contribution in [0, 0.1) is 19.3 Å². The quantitative estimate of drug-likeness (QED) is 0.837. The van der Waals surface area contributed by atoms with Crippen molar-refractivity contribution in [3.63, 3.8) is 0 Å². The van der Waals surface area contributed by atoms with E-state index < -0.39 is 5.41 Å². The van der Waals surface area contributed by atoms with Crippen molar-refractivity contribution in [3.05, 3.63) is 41.7 Å². The van der Waals surface area contributed by atoms with Crippen LogP contribution in [0.4, 0.5) is 5.69 Å². The highest BCUT2D eigenvalue weighted by atomic mass is 35.5. The summed E-state index contributed by atoms with van der Waals surface area (Å²) in [5, 5.41) is 2.83. The Kier molecular flexibility index (Phi) is 5.21. The van der Waals surface area contributed by atoms with Gasteiger partial charge in [-0.2, -0.15) is 0 Å². The Bertz CT molecular complexity index is 679. The molecule has 5 nitrogen and oxygen atoms in total. The number of amides is 1. The van der Waals surface area contributed by atoms with Crippen LogP contribution in [0.3, 0.4) is 0 Å². The van der Waals surface area contributed by atoms with Crippen molar-refractivity contribution in [3.8, 4) is 11.8 Å². The molecule has 0 unspecified atom stereocenters. The summed E-state index contributed by atoms with van der Waals surface area (Å²) in [6.07, 6.45) is 0. The predicted octanol–water partition coefficient (Wildman–Crippen LogP) is 4.09. The van der Waals surface area contributed by atoms with E-state index in [4.69, 9.17) is 16.3 Å². The van der Waals surface area contributed by atoms with E-state index in [0.29, 0.717) is 17.4 Å². The molecule has 122 valence electrons. The van der Waals surface area contributed by atoms with Gasteiger partial charge < -0.3 is 10.1 Å². The van der Waals surface area contributed by atoms with E-state index in [1.165, 1.54) is 0 Å². The van der Waals surface area contributed by atoms with Crippen LogP contribution in [0.15, 0.2) is 30.3 Å². The molecule has 1 amide bonds. The second-order valence-corrected chi connectivity index (χ2v) is 6.30. The highest BCUT2D eigenvalue weighted by Crippen LogP contribution is 2.23. The Morgan fingerprint density at radius 2 is 1.74 bits per heavy atom. The number of nitrogens with one attached hydrogen (secondary N) is 1. The lowest BCUT2D eigenvalue weighted by molar-refractivity contribution is -0.122. The molecule has 0 fully saturated rings. The van der Waals surface area contributed by atoms with Gasteiger partial charge in [-0.15, -0.1) is 11.6 Å². The molecule has 0 radical (unpaired) electrons. The molecule has 0 bridgehead atoms. The number of anilines is 1. The van der Waals surface area contributed by atoms with Crippen molar-refractivity contribution in [2.24, 2.45) is 5.41 Å². The molecule has 6 heteroatoms. The van der Waals surface area contributed by atoms with E-state index in [9.17, 15) is 4.79 Å². The molecular formula is C17H20ClN3O2. The number of carbonyl (C=O) groups is 1. The normalized spacial score (nSPS) is 11.2. The molecule has 0 aliphatic rings. The minimum atomic E-state index is -0.621. The van der Waals surface area contributed by atoms with Crippen LogP contribution in [0.2, 0.25) is 0 Å². The number of hydrogen-bond acceptors (Lipinski definition) is 4. The third-order valence-electron chi connectivity index (χ3n) is 3.23. The number of ether oxygens (including phenoxy) is 1. The van der Waals surface area contributed by atoms with Gasteiger partial charge in [0, 0.05) is 23.0 Å². The summed E-state index contributed by atoms with van der Waals surface area (Å²) < 4.78 is 5.63. The molecule has 1 heterocycles. The first kappa shape index (κ1) is 17.2. The number of hydrogen-bond donors (Lipinski definition) is 1. The third kappa shape index (κ3) is 4.66. The number of rotatable bonds is 5. The molecule has 0 saturated carbocycles. The van der Waals surface area contributed by atoms with Crippen molar-refractivity contribution in [2.45, 2.75) is 27.7 Å². The van der Waals surface area contributed by atoms with Gasteiger partial charge in [0.15, 0.2) is 0 Å². The van der Waals surface area contributed by atoms with Crippen molar-refractivity contribution in [2.75, 3.05) is 11.2 Å². The van der Waals surface area contributed by atoms with Crippen LogP contribution in [0.1, 0.15) is 25.2 Å². The predicted molar refractivity (Wildman–Crippen MR) is 91.2 cm³/mol. The first-order chi connectivity index (χ1) is 10.8. The van der Waals surface area contributed by atoms with Crippen LogP contribution < -0.4 is 10.1 Å². The van der Waals surface area contributed by atoms with E-state index in [0.717, 1.165) is 11.4 Å². The second-order valence-electron chi connectivity index (χ2n) is 6.03. The minimum Gasteiger partial charge on any atom is -0.424 e. The summed E-state index contributed by atoms with van der Waals surface area (Å²) in [6, 6.07) is 9.22. The van der Waals surface area contributed by atoms with Crippen molar-refractivity contribution in [1.29, 1.82) is 0 Å².